The molecule has 0 aromatic carbocycles. The van der Waals surface area contributed by atoms with Gasteiger partial charge in [0.25, 0.3) is 0 Å². The minimum absolute atomic E-state index is 0. The fourth-order valence-corrected chi connectivity index (χ4v) is 3.20. The van der Waals surface area contributed by atoms with Gasteiger partial charge in [-0.3, -0.25) is 14.5 Å². The summed E-state index contributed by atoms with van der Waals surface area (Å²) in [5, 5.41) is 2.81. The van der Waals surface area contributed by atoms with Crippen molar-refractivity contribution in [2.75, 3.05) is 53.0 Å². The number of hydrogen-bond donors (Lipinski definition) is 2. The number of piperazine rings is 1. The summed E-state index contributed by atoms with van der Waals surface area (Å²) < 4.78 is 4.90. The average Bonchev–Trinajstić information content (AvgIpc) is 2.96. The largest absolute Gasteiger partial charge is 0.383 e. The molecule has 2 aliphatic rings. The van der Waals surface area contributed by atoms with Gasteiger partial charge in [0, 0.05) is 39.8 Å². The normalized spacial score (nSPS) is 20.0. The molecule has 0 aromatic heterocycles. The van der Waals surface area contributed by atoms with E-state index < -0.39 is 5.54 Å². The van der Waals surface area contributed by atoms with Crippen LogP contribution in [0, 0.1) is 0 Å². The Morgan fingerprint density at radius 1 is 1.12 bits per heavy atom. The van der Waals surface area contributed by atoms with E-state index in [0.717, 1.165) is 38.8 Å². The third-order valence-corrected chi connectivity index (χ3v) is 4.58. The van der Waals surface area contributed by atoms with Crippen LogP contribution in [0.4, 0.5) is 0 Å². The van der Waals surface area contributed by atoms with E-state index >= 15 is 0 Å². The van der Waals surface area contributed by atoms with E-state index in [1.165, 1.54) is 0 Å². The first-order valence-corrected chi connectivity index (χ1v) is 8.11. The van der Waals surface area contributed by atoms with Gasteiger partial charge in [-0.25, -0.2) is 0 Å². The molecule has 1 saturated heterocycles. The molecule has 1 heterocycles. The number of halogens is 2. The minimum Gasteiger partial charge on any atom is -0.383 e. The zero-order valence-corrected chi connectivity index (χ0v) is 15.9. The van der Waals surface area contributed by atoms with E-state index in [4.69, 9.17) is 10.5 Å². The molecule has 142 valence electrons. The number of rotatable bonds is 6. The Balaban J connectivity index is 0.00000264. The summed E-state index contributed by atoms with van der Waals surface area (Å²) in [4.78, 5) is 28.2. The van der Waals surface area contributed by atoms with Crippen molar-refractivity contribution in [1.29, 1.82) is 0 Å². The van der Waals surface area contributed by atoms with Crippen molar-refractivity contribution in [2.24, 2.45) is 5.73 Å². The van der Waals surface area contributed by atoms with Crippen LogP contribution >= 0.6 is 24.8 Å². The van der Waals surface area contributed by atoms with Gasteiger partial charge in [-0.2, -0.15) is 0 Å². The van der Waals surface area contributed by atoms with Gasteiger partial charge < -0.3 is 20.7 Å². The van der Waals surface area contributed by atoms with Crippen LogP contribution in [-0.2, 0) is 14.3 Å². The fraction of sp³-hybridized carbons (Fsp3) is 0.867. The molecule has 9 heteroatoms. The predicted molar refractivity (Wildman–Crippen MR) is 97.8 cm³/mol. The number of amides is 2. The zero-order chi connectivity index (χ0) is 16.0. The highest BCUT2D eigenvalue weighted by atomic mass is 35.5. The maximum Gasteiger partial charge on any atom is 0.242 e. The molecule has 0 aromatic rings. The Kier molecular flexibility index (Phi) is 10.8. The van der Waals surface area contributed by atoms with Crippen molar-refractivity contribution < 1.29 is 14.3 Å². The van der Waals surface area contributed by atoms with Crippen LogP contribution in [0.3, 0.4) is 0 Å². The fourth-order valence-electron chi connectivity index (χ4n) is 3.20. The van der Waals surface area contributed by atoms with Crippen LogP contribution in [0.15, 0.2) is 0 Å². The molecular formula is C15H30Cl2N4O3. The van der Waals surface area contributed by atoms with Crippen molar-refractivity contribution in [1.82, 2.24) is 15.1 Å². The van der Waals surface area contributed by atoms with Gasteiger partial charge in [0.1, 0.15) is 0 Å². The van der Waals surface area contributed by atoms with Gasteiger partial charge in [-0.15, -0.1) is 24.8 Å². The number of nitrogens with zero attached hydrogens (tertiary/aromatic N) is 2. The highest BCUT2D eigenvalue weighted by Crippen LogP contribution is 2.29. The SMILES string of the molecule is COCCNC(=O)CN1CCN(C(=O)C2(N)CCCC2)CC1.Cl.Cl. The van der Waals surface area contributed by atoms with Crippen LogP contribution < -0.4 is 11.1 Å². The maximum absolute atomic E-state index is 12.5. The molecule has 0 radical (unpaired) electrons. The molecule has 7 nitrogen and oxygen atoms in total. The van der Waals surface area contributed by atoms with E-state index in [-0.39, 0.29) is 36.6 Å². The zero-order valence-electron chi connectivity index (χ0n) is 14.3. The second-order valence-electron chi connectivity index (χ2n) is 6.27. The predicted octanol–water partition coefficient (Wildman–Crippen LogP) is 0.00830. The number of ether oxygens (including phenoxy) is 1. The number of carbonyl (C=O) groups excluding carboxylic acids is 2. The summed E-state index contributed by atoms with van der Waals surface area (Å²) >= 11 is 0. The Labute approximate surface area is 156 Å². The van der Waals surface area contributed by atoms with Gasteiger partial charge in [-0.05, 0) is 12.8 Å². The average molecular weight is 385 g/mol. The minimum atomic E-state index is -0.639. The summed E-state index contributed by atoms with van der Waals surface area (Å²) in [5.41, 5.74) is 5.60. The Morgan fingerprint density at radius 2 is 1.71 bits per heavy atom. The Bertz CT molecular complexity index is 398. The van der Waals surface area contributed by atoms with Gasteiger partial charge in [-0.1, -0.05) is 12.8 Å². The van der Waals surface area contributed by atoms with Crippen LogP contribution in [0.1, 0.15) is 25.7 Å². The molecular weight excluding hydrogens is 355 g/mol. The number of nitrogens with one attached hydrogen (secondary N) is 1. The van der Waals surface area contributed by atoms with Crippen molar-refractivity contribution in [2.45, 2.75) is 31.2 Å². The van der Waals surface area contributed by atoms with Crippen molar-refractivity contribution in [3.63, 3.8) is 0 Å². The number of nitrogens with two attached hydrogens (primary N) is 1. The summed E-state index contributed by atoms with van der Waals surface area (Å²) in [6.45, 7) is 4.18. The van der Waals surface area contributed by atoms with Crippen molar-refractivity contribution >= 4 is 36.6 Å². The molecule has 2 rings (SSSR count). The first kappa shape index (κ1) is 23.4. The smallest absolute Gasteiger partial charge is 0.242 e. The molecule has 1 aliphatic carbocycles. The Morgan fingerprint density at radius 3 is 2.25 bits per heavy atom. The highest BCUT2D eigenvalue weighted by molar-refractivity contribution is 5.86. The van der Waals surface area contributed by atoms with Gasteiger partial charge in [0.05, 0.1) is 18.7 Å². The molecule has 3 N–H and O–H groups in total. The molecule has 0 atom stereocenters. The number of methoxy groups -OCH3 is 1. The van der Waals surface area contributed by atoms with Gasteiger partial charge >= 0.3 is 0 Å². The first-order chi connectivity index (χ1) is 10.5. The summed E-state index contributed by atoms with van der Waals surface area (Å²) in [7, 11) is 1.61. The van der Waals surface area contributed by atoms with Crippen LogP contribution in [0.5, 0.6) is 0 Å². The molecule has 2 amide bonds. The summed E-state index contributed by atoms with van der Waals surface area (Å²) in [5.74, 6) is 0.0945. The lowest BCUT2D eigenvalue weighted by Gasteiger charge is -2.38. The first-order valence-electron chi connectivity index (χ1n) is 8.11. The lowest BCUT2D eigenvalue weighted by molar-refractivity contribution is -0.138. The second kappa shape index (κ2) is 11.1. The molecule has 1 aliphatic heterocycles. The quantitative estimate of drug-likeness (QED) is 0.629. The van der Waals surface area contributed by atoms with Crippen LogP contribution in [-0.4, -0.2) is 80.1 Å². The van der Waals surface area contributed by atoms with E-state index in [1.54, 1.807) is 7.11 Å². The highest BCUT2D eigenvalue weighted by Gasteiger charge is 2.40. The summed E-state index contributed by atoms with van der Waals surface area (Å²) in [6, 6.07) is 0. The molecule has 0 spiro atoms. The molecule has 2 fully saturated rings. The molecule has 1 saturated carbocycles. The van der Waals surface area contributed by atoms with Crippen molar-refractivity contribution in [3.05, 3.63) is 0 Å². The monoisotopic (exact) mass is 384 g/mol. The lowest BCUT2D eigenvalue weighted by atomic mass is 9.97. The third-order valence-electron chi connectivity index (χ3n) is 4.58. The Hall–Kier alpha value is -0.600. The number of hydrogen-bond acceptors (Lipinski definition) is 5. The maximum atomic E-state index is 12.5. The third kappa shape index (κ3) is 6.37. The molecule has 24 heavy (non-hydrogen) atoms. The van der Waals surface area contributed by atoms with Crippen molar-refractivity contribution in [3.8, 4) is 0 Å². The van der Waals surface area contributed by atoms with E-state index in [1.807, 2.05) is 4.90 Å². The standard InChI is InChI=1S/C15H28N4O3.2ClH/c1-22-11-6-17-13(20)12-18-7-9-19(10-8-18)14(21)15(16)4-2-3-5-15;;/h2-12,16H2,1H3,(H,17,20);2*1H. The van der Waals surface area contributed by atoms with Gasteiger partial charge in [0.15, 0.2) is 0 Å². The molecule has 0 bridgehead atoms. The van der Waals surface area contributed by atoms with E-state index in [2.05, 4.69) is 10.2 Å². The van der Waals surface area contributed by atoms with Crippen LogP contribution in [0.2, 0.25) is 0 Å². The molecule has 0 unspecified atom stereocenters. The number of carbonyl (C=O) groups is 2. The van der Waals surface area contributed by atoms with Gasteiger partial charge in [0.2, 0.25) is 11.8 Å². The summed E-state index contributed by atoms with van der Waals surface area (Å²) in [6.07, 6.45) is 3.69. The van der Waals surface area contributed by atoms with E-state index in [9.17, 15) is 9.59 Å². The van der Waals surface area contributed by atoms with Crippen LogP contribution in [0.25, 0.3) is 0 Å². The second-order valence-corrected chi connectivity index (χ2v) is 6.27. The topological polar surface area (TPSA) is 87.9 Å². The lowest BCUT2D eigenvalue weighted by Crippen LogP contribution is -2.59. The van der Waals surface area contributed by atoms with E-state index in [0.29, 0.717) is 32.8 Å².